The highest BCUT2D eigenvalue weighted by molar-refractivity contribution is 6.18. The fourth-order valence-electron chi connectivity index (χ4n) is 0.980. The van der Waals surface area contributed by atoms with E-state index in [2.05, 4.69) is 5.32 Å². The number of nitro groups is 1. The molecule has 0 aliphatic heterocycles. The van der Waals surface area contributed by atoms with Gasteiger partial charge in [0, 0.05) is 18.5 Å². The summed E-state index contributed by atoms with van der Waals surface area (Å²) in [6, 6.07) is 5.63. The van der Waals surface area contributed by atoms with Gasteiger partial charge in [-0.25, -0.2) is 4.79 Å². The summed E-state index contributed by atoms with van der Waals surface area (Å²) in [5.41, 5.74) is -0.261. The quantitative estimate of drug-likeness (QED) is 0.498. The number of nitro benzene ring substituents is 1. The molecular formula is C9H9ClN2O4. The van der Waals surface area contributed by atoms with Crippen LogP contribution in [0.4, 0.5) is 10.5 Å². The number of halogens is 1. The first-order valence-corrected chi connectivity index (χ1v) is 4.93. The third-order valence-corrected chi connectivity index (χ3v) is 1.82. The van der Waals surface area contributed by atoms with Gasteiger partial charge in [-0.05, 0) is 6.07 Å². The molecule has 16 heavy (non-hydrogen) atoms. The summed E-state index contributed by atoms with van der Waals surface area (Å²) < 4.78 is 4.76. The van der Waals surface area contributed by atoms with Gasteiger partial charge >= 0.3 is 11.8 Å². The van der Waals surface area contributed by atoms with E-state index in [1.165, 1.54) is 24.3 Å². The number of amides is 1. The maximum Gasteiger partial charge on any atom is 0.412 e. The van der Waals surface area contributed by atoms with Crippen LogP contribution in [0, 0.1) is 10.1 Å². The van der Waals surface area contributed by atoms with E-state index < -0.39 is 11.0 Å². The lowest BCUT2D eigenvalue weighted by Gasteiger charge is -2.05. The molecular weight excluding hydrogens is 236 g/mol. The molecule has 86 valence electrons. The normalized spacial score (nSPS) is 9.56. The number of benzene rings is 1. The molecule has 0 saturated carbocycles. The Morgan fingerprint density at radius 2 is 2.19 bits per heavy atom. The van der Waals surface area contributed by atoms with E-state index in [1.807, 2.05) is 0 Å². The number of carbonyl (C=O) groups excluding carboxylic acids is 1. The molecule has 0 heterocycles. The number of rotatable bonds is 4. The van der Waals surface area contributed by atoms with Gasteiger partial charge < -0.3 is 10.1 Å². The van der Waals surface area contributed by atoms with Gasteiger partial charge in [0.05, 0.1) is 4.92 Å². The number of ether oxygens (including phenoxy) is 1. The first kappa shape index (κ1) is 12.3. The van der Waals surface area contributed by atoms with Crippen LogP contribution in [0.15, 0.2) is 24.3 Å². The molecule has 0 bridgehead atoms. The number of alkyl halides is 1. The van der Waals surface area contributed by atoms with E-state index in [9.17, 15) is 14.9 Å². The van der Waals surface area contributed by atoms with Crippen molar-refractivity contribution in [2.75, 3.05) is 12.4 Å². The number of para-hydroxylation sites is 2. The molecule has 1 N–H and O–H groups in total. The maximum atomic E-state index is 11.1. The molecule has 6 nitrogen and oxygen atoms in total. The standard InChI is InChI=1S/C9H9ClN2O4/c10-5-6-11-9(13)16-8-4-2-1-3-7(8)12(14)15/h1-4H,5-6H2,(H,11,13). The fraction of sp³-hybridized carbons (Fsp3) is 0.222. The highest BCUT2D eigenvalue weighted by atomic mass is 35.5. The van der Waals surface area contributed by atoms with Gasteiger partial charge in [0.1, 0.15) is 0 Å². The molecule has 0 unspecified atom stereocenters. The molecule has 1 aromatic rings. The van der Waals surface area contributed by atoms with Gasteiger partial charge in [-0.3, -0.25) is 10.1 Å². The molecule has 1 rings (SSSR count). The van der Waals surface area contributed by atoms with Crippen molar-refractivity contribution in [1.82, 2.24) is 5.32 Å². The van der Waals surface area contributed by atoms with Gasteiger partial charge in [0.2, 0.25) is 5.75 Å². The van der Waals surface area contributed by atoms with E-state index in [-0.39, 0.29) is 23.9 Å². The molecule has 0 aliphatic carbocycles. The van der Waals surface area contributed by atoms with Crippen LogP contribution in [0.3, 0.4) is 0 Å². The number of nitrogens with zero attached hydrogens (tertiary/aromatic N) is 1. The van der Waals surface area contributed by atoms with Crippen LogP contribution in [0.2, 0.25) is 0 Å². The Hall–Kier alpha value is -1.82. The van der Waals surface area contributed by atoms with Crippen molar-refractivity contribution < 1.29 is 14.5 Å². The topological polar surface area (TPSA) is 81.5 Å². The lowest BCUT2D eigenvalue weighted by molar-refractivity contribution is -0.385. The van der Waals surface area contributed by atoms with E-state index in [1.54, 1.807) is 0 Å². The van der Waals surface area contributed by atoms with Crippen molar-refractivity contribution in [1.29, 1.82) is 0 Å². The second-order valence-corrected chi connectivity index (χ2v) is 3.11. The van der Waals surface area contributed by atoms with Crippen molar-refractivity contribution in [2.24, 2.45) is 0 Å². The molecule has 1 aromatic carbocycles. The second kappa shape index (κ2) is 5.92. The smallest absolute Gasteiger partial charge is 0.403 e. The number of nitrogens with one attached hydrogen (secondary N) is 1. The van der Waals surface area contributed by atoms with Gasteiger partial charge in [0.25, 0.3) is 0 Å². The van der Waals surface area contributed by atoms with Crippen molar-refractivity contribution in [3.63, 3.8) is 0 Å². The highest BCUT2D eigenvalue weighted by Crippen LogP contribution is 2.25. The molecule has 0 fully saturated rings. The monoisotopic (exact) mass is 244 g/mol. The predicted octanol–water partition coefficient (Wildman–Crippen LogP) is 1.92. The van der Waals surface area contributed by atoms with Crippen molar-refractivity contribution in [3.05, 3.63) is 34.4 Å². The Bertz CT molecular complexity index is 397. The van der Waals surface area contributed by atoms with Crippen LogP contribution in [-0.2, 0) is 0 Å². The van der Waals surface area contributed by atoms with Crippen LogP contribution in [0.25, 0.3) is 0 Å². The number of hydrogen-bond donors (Lipinski definition) is 1. The van der Waals surface area contributed by atoms with Crippen molar-refractivity contribution >= 4 is 23.4 Å². The summed E-state index contributed by atoms with van der Waals surface area (Å²) in [6.45, 7) is 0.237. The van der Waals surface area contributed by atoms with Crippen LogP contribution < -0.4 is 10.1 Å². The summed E-state index contributed by atoms with van der Waals surface area (Å²) in [4.78, 5) is 21.1. The first-order valence-electron chi connectivity index (χ1n) is 4.40. The Labute approximate surface area is 96.3 Å². The van der Waals surface area contributed by atoms with Gasteiger partial charge in [-0.15, -0.1) is 11.6 Å². The Morgan fingerprint density at radius 3 is 2.81 bits per heavy atom. The summed E-state index contributed by atoms with van der Waals surface area (Å²) >= 11 is 5.35. The average molecular weight is 245 g/mol. The minimum Gasteiger partial charge on any atom is -0.403 e. The van der Waals surface area contributed by atoms with Gasteiger partial charge in [-0.2, -0.15) is 0 Å². The summed E-state index contributed by atoms with van der Waals surface area (Å²) in [6.07, 6.45) is -0.769. The van der Waals surface area contributed by atoms with Crippen LogP contribution in [0.5, 0.6) is 5.75 Å². The lowest BCUT2D eigenvalue weighted by Crippen LogP contribution is -2.28. The Balaban J connectivity index is 2.73. The van der Waals surface area contributed by atoms with E-state index >= 15 is 0 Å². The zero-order chi connectivity index (χ0) is 12.0. The Morgan fingerprint density at radius 1 is 1.50 bits per heavy atom. The molecule has 0 radical (unpaired) electrons. The zero-order valence-electron chi connectivity index (χ0n) is 8.18. The zero-order valence-corrected chi connectivity index (χ0v) is 8.94. The van der Waals surface area contributed by atoms with Crippen LogP contribution >= 0.6 is 11.6 Å². The third kappa shape index (κ3) is 3.39. The van der Waals surface area contributed by atoms with E-state index in [4.69, 9.17) is 16.3 Å². The van der Waals surface area contributed by atoms with Gasteiger partial charge in [-0.1, -0.05) is 12.1 Å². The fourth-order valence-corrected chi connectivity index (χ4v) is 1.07. The first-order chi connectivity index (χ1) is 7.65. The largest absolute Gasteiger partial charge is 0.412 e. The maximum absolute atomic E-state index is 11.1. The predicted molar refractivity (Wildman–Crippen MR) is 57.8 cm³/mol. The van der Waals surface area contributed by atoms with Gasteiger partial charge in [0.15, 0.2) is 0 Å². The van der Waals surface area contributed by atoms with Crippen molar-refractivity contribution in [3.8, 4) is 5.75 Å². The molecule has 0 aliphatic rings. The molecule has 0 saturated heterocycles. The van der Waals surface area contributed by atoms with Crippen LogP contribution in [0.1, 0.15) is 0 Å². The molecule has 7 heteroatoms. The van der Waals surface area contributed by atoms with Crippen LogP contribution in [-0.4, -0.2) is 23.4 Å². The SMILES string of the molecule is O=C(NCCCl)Oc1ccccc1[N+](=O)[O-]. The summed E-state index contributed by atoms with van der Waals surface area (Å²) in [5, 5.41) is 12.9. The molecule has 0 atom stereocenters. The summed E-state index contributed by atoms with van der Waals surface area (Å²) in [7, 11) is 0. The molecule has 0 aromatic heterocycles. The average Bonchev–Trinajstić information content (AvgIpc) is 2.27. The molecule has 0 spiro atoms. The second-order valence-electron chi connectivity index (χ2n) is 2.73. The number of carbonyl (C=O) groups is 1. The highest BCUT2D eigenvalue weighted by Gasteiger charge is 2.16. The third-order valence-electron chi connectivity index (χ3n) is 1.63. The lowest BCUT2D eigenvalue weighted by atomic mass is 10.3. The minimum absolute atomic E-state index is 0.0976. The molecule has 1 amide bonds. The van der Waals surface area contributed by atoms with E-state index in [0.717, 1.165) is 0 Å². The number of hydrogen-bond acceptors (Lipinski definition) is 4. The van der Waals surface area contributed by atoms with E-state index in [0.29, 0.717) is 0 Å². The van der Waals surface area contributed by atoms with Crippen molar-refractivity contribution in [2.45, 2.75) is 0 Å². The minimum atomic E-state index is -0.769. The Kier molecular flexibility index (Phi) is 4.53. The summed E-state index contributed by atoms with van der Waals surface area (Å²) in [5.74, 6) is 0.144.